The zero-order chi connectivity index (χ0) is 16.4. The van der Waals surface area contributed by atoms with Crippen molar-refractivity contribution in [3.8, 4) is 11.4 Å². The quantitative estimate of drug-likeness (QED) is 0.933. The maximum Gasteiger partial charge on any atom is 0.244 e. The first-order valence-corrected chi connectivity index (χ1v) is 8.18. The Morgan fingerprint density at radius 1 is 1.35 bits per heavy atom. The Labute approximate surface area is 137 Å². The topological polar surface area (TPSA) is 67.1 Å². The lowest BCUT2D eigenvalue weighted by Crippen LogP contribution is -2.32. The van der Waals surface area contributed by atoms with E-state index in [4.69, 9.17) is 4.52 Å². The first-order valence-electron chi connectivity index (χ1n) is 8.18. The van der Waals surface area contributed by atoms with Gasteiger partial charge in [-0.3, -0.25) is 4.90 Å². The second-order valence-corrected chi connectivity index (χ2v) is 7.33. The molecule has 124 valence electrons. The Morgan fingerprint density at radius 3 is 2.83 bits per heavy atom. The van der Waals surface area contributed by atoms with E-state index in [9.17, 15) is 0 Å². The van der Waals surface area contributed by atoms with Crippen LogP contribution in [0.5, 0.6) is 0 Å². The second kappa shape index (κ2) is 6.28. The van der Waals surface area contributed by atoms with E-state index in [0.29, 0.717) is 5.82 Å². The summed E-state index contributed by atoms with van der Waals surface area (Å²) in [5.74, 6) is 2.15. The van der Waals surface area contributed by atoms with Crippen molar-refractivity contribution in [2.45, 2.75) is 39.7 Å². The molecule has 3 rings (SSSR count). The molecule has 6 nitrogen and oxygen atoms in total. The number of hydrogen-bond donors (Lipinski definition) is 1. The van der Waals surface area contributed by atoms with Crippen molar-refractivity contribution in [2.24, 2.45) is 5.41 Å². The normalized spacial score (nSPS) is 19.2. The maximum absolute atomic E-state index is 5.56. The number of hydrogen-bond acceptors (Lipinski definition) is 6. The lowest BCUT2D eigenvalue weighted by Gasteiger charge is -2.29. The van der Waals surface area contributed by atoms with Crippen molar-refractivity contribution < 1.29 is 4.52 Å². The van der Waals surface area contributed by atoms with Gasteiger partial charge in [0, 0.05) is 25.4 Å². The molecule has 0 bridgehead atoms. The van der Waals surface area contributed by atoms with E-state index in [1.165, 1.54) is 6.42 Å². The number of nitrogens with zero attached hydrogens (tertiary/aromatic N) is 4. The van der Waals surface area contributed by atoms with Crippen LogP contribution in [0.4, 0.5) is 5.82 Å². The standard InChI is InChI=1S/C17H25N5O/c1-17(2,3)11-22-9-5-6-13(22)16-20-15(21-23-16)12-7-8-14(18-4)19-10-12/h7-8,10,13H,5-6,9,11H2,1-4H3,(H,18,19)/t13-/m0/s1. The molecular formula is C17H25N5O. The highest BCUT2D eigenvalue weighted by atomic mass is 16.5. The van der Waals surface area contributed by atoms with Gasteiger partial charge in [-0.15, -0.1) is 0 Å². The van der Waals surface area contributed by atoms with Gasteiger partial charge in [-0.2, -0.15) is 4.98 Å². The highest BCUT2D eigenvalue weighted by molar-refractivity contribution is 5.55. The van der Waals surface area contributed by atoms with Gasteiger partial charge in [0.25, 0.3) is 0 Å². The molecule has 6 heteroatoms. The van der Waals surface area contributed by atoms with Gasteiger partial charge in [-0.25, -0.2) is 4.98 Å². The molecule has 1 atom stereocenters. The third kappa shape index (κ3) is 3.69. The van der Waals surface area contributed by atoms with Gasteiger partial charge in [0.2, 0.25) is 11.7 Å². The molecule has 1 saturated heterocycles. The van der Waals surface area contributed by atoms with Crippen LogP contribution in [0.3, 0.4) is 0 Å². The number of anilines is 1. The van der Waals surface area contributed by atoms with Crippen molar-refractivity contribution in [3.63, 3.8) is 0 Å². The van der Waals surface area contributed by atoms with Crippen LogP contribution in [-0.4, -0.2) is 40.2 Å². The predicted molar refractivity (Wildman–Crippen MR) is 90.1 cm³/mol. The fraction of sp³-hybridized carbons (Fsp3) is 0.588. The minimum Gasteiger partial charge on any atom is -0.373 e. The van der Waals surface area contributed by atoms with E-state index in [2.05, 4.69) is 46.1 Å². The second-order valence-electron chi connectivity index (χ2n) is 7.33. The van der Waals surface area contributed by atoms with Crippen molar-refractivity contribution in [1.82, 2.24) is 20.0 Å². The van der Waals surface area contributed by atoms with Gasteiger partial charge in [-0.1, -0.05) is 25.9 Å². The SMILES string of the molecule is CNc1ccc(-c2noc([C@@H]3CCCN3CC(C)(C)C)n2)cn1. The van der Waals surface area contributed by atoms with Crippen molar-refractivity contribution in [1.29, 1.82) is 0 Å². The molecule has 0 aromatic carbocycles. The molecule has 0 spiro atoms. The van der Waals surface area contributed by atoms with Gasteiger partial charge in [0.1, 0.15) is 5.82 Å². The van der Waals surface area contributed by atoms with E-state index in [-0.39, 0.29) is 11.5 Å². The van der Waals surface area contributed by atoms with Crippen molar-refractivity contribution in [3.05, 3.63) is 24.2 Å². The van der Waals surface area contributed by atoms with E-state index in [0.717, 1.165) is 36.8 Å². The van der Waals surface area contributed by atoms with Crippen LogP contribution in [0, 0.1) is 5.41 Å². The smallest absolute Gasteiger partial charge is 0.244 e. The van der Waals surface area contributed by atoms with Crippen molar-refractivity contribution >= 4 is 5.82 Å². The van der Waals surface area contributed by atoms with Crippen LogP contribution < -0.4 is 5.32 Å². The molecule has 1 N–H and O–H groups in total. The van der Waals surface area contributed by atoms with Gasteiger partial charge in [-0.05, 0) is 36.9 Å². The van der Waals surface area contributed by atoms with Crippen LogP contribution in [0.15, 0.2) is 22.9 Å². The van der Waals surface area contributed by atoms with E-state index in [1.54, 1.807) is 6.20 Å². The summed E-state index contributed by atoms with van der Waals surface area (Å²) in [5, 5.41) is 7.15. The predicted octanol–water partition coefficient (Wildman–Crippen LogP) is 3.36. The number of nitrogens with one attached hydrogen (secondary N) is 1. The lowest BCUT2D eigenvalue weighted by molar-refractivity contribution is 0.153. The number of likely N-dealkylation sites (tertiary alicyclic amines) is 1. The Bertz CT molecular complexity index is 644. The molecule has 0 saturated carbocycles. The molecule has 2 aromatic heterocycles. The summed E-state index contributed by atoms with van der Waals surface area (Å²) in [7, 11) is 1.85. The molecule has 1 fully saturated rings. The van der Waals surface area contributed by atoms with E-state index < -0.39 is 0 Å². The van der Waals surface area contributed by atoms with Crippen LogP contribution in [0.2, 0.25) is 0 Å². The summed E-state index contributed by atoms with van der Waals surface area (Å²) in [5.41, 5.74) is 1.14. The first kappa shape index (κ1) is 15.9. The lowest BCUT2D eigenvalue weighted by atomic mass is 9.96. The van der Waals surface area contributed by atoms with Crippen LogP contribution in [0.1, 0.15) is 45.5 Å². The average Bonchev–Trinajstić information content (AvgIpc) is 3.14. The maximum atomic E-state index is 5.56. The fourth-order valence-corrected chi connectivity index (χ4v) is 3.07. The average molecular weight is 315 g/mol. The summed E-state index contributed by atoms with van der Waals surface area (Å²) in [4.78, 5) is 11.4. The van der Waals surface area contributed by atoms with Gasteiger partial charge < -0.3 is 9.84 Å². The summed E-state index contributed by atoms with van der Waals surface area (Å²) >= 11 is 0. The molecule has 1 aliphatic heterocycles. The minimum absolute atomic E-state index is 0.236. The van der Waals surface area contributed by atoms with Crippen molar-refractivity contribution in [2.75, 3.05) is 25.5 Å². The molecule has 0 unspecified atom stereocenters. The largest absolute Gasteiger partial charge is 0.373 e. The Morgan fingerprint density at radius 2 is 2.17 bits per heavy atom. The summed E-state index contributed by atoms with van der Waals surface area (Å²) in [6, 6.07) is 4.10. The summed E-state index contributed by atoms with van der Waals surface area (Å²) < 4.78 is 5.56. The summed E-state index contributed by atoms with van der Waals surface area (Å²) in [6.07, 6.45) is 4.02. The number of pyridine rings is 1. The zero-order valence-electron chi connectivity index (χ0n) is 14.3. The minimum atomic E-state index is 0.236. The van der Waals surface area contributed by atoms with Gasteiger partial charge >= 0.3 is 0 Å². The highest BCUT2D eigenvalue weighted by Gasteiger charge is 2.33. The molecule has 0 radical (unpaired) electrons. The van der Waals surface area contributed by atoms with Gasteiger partial charge in [0.05, 0.1) is 6.04 Å². The molecule has 3 heterocycles. The third-order valence-electron chi connectivity index (χ3n) is 4.05. The van der Waals surface area contributed by atoms with Gasteiger partial charge in [0.15, 0.2) is 0 Å². The molecular weight excluding hydrogens is 290 g/mol. The number of rotatable bonds is 4. The van der Waals surface area contributed by atoms with Crippen LogP contribution >= 0.6 is 0 Å². The van der Waals surface area contributed by atoms with Crippen LogP contribution in [-0.2, 0) is 0 Å². The third-order valence-corrected chi connectivity index (χ3v) is 4.05. The Kier molecular flexibility index (Phi) is 4.35. The molecule has 0 amide bonds. The fourth-order valence-electron chi connectivity index (χ4n) is 3.07. The number of aromatic nitrogens is 3. The first-order chi connectivity index (χ1) is 11.0. The molecule has 2 aromatic rings. The molecule has 1 aliphatic rings. The molecule has 0 aliphatic carbocycles. The summed E-state index contributed by atoms with van der Waals surface area (Å²) in [6.45, 7) is 8.91. The van der Waals surface area contributed by atoms with Crippen LogP contribution in [0.25, 0.3) is 11.4 Å². The highest BCUT2D eigenvalue weighted by Crippen LogP contribution is 2.34. The zero-order valence-corrected chi connectivity index (χ0v) is 14.3. The Hall–Kier alpha value is -1.95. The molecule has 23 heavy (non-hydrogen) atoms. The van der Waals surface area contributed by atoms with E-state index >= 15 is 0 Å². The van der Waals surface area contributed by atoms with E-state index in [1.807, 2.05) is 19.2 Å². The monoisotopic (exact) mass is 315 g/mol. The Balaban J connectivity index is 1.77.